The average molecular weight is 412 g/mol. The number of hydrogen-bond acceptors (Lipinski definition) is 5. The van der Waals surface area contributed by atoms with Gasteiger partial charge in [0.15, 0.2) is 0 Å². The van der Waals surface area contributed by atoms with E-state index in [2.05, 4.69) is 5.32 Å². The van der Waals surface area contributed by atoms with Crippen molar-refractivity contribution in [3.63, 3.8) is 0 Å². The summed E-state index contributed by atoms with van der Waals surface area (Å²) >= 11 is 0. The number of rotatable bonds is 7. The van der Waals surface area contributed by atoms with Gasteiger partial charge >= 0.3 is 11.9 Å². The number of ether oxygens (including phenoxy) is 2. The van der Waals surface area contributed by atoms with E-state index in [0.717, 1.165) is 11.1 Å². The Morgan fingerprint density at radius 2 is 1.43 bits per heavy atom. The quantitative estimate of drug-likeness (QED) is 0.670. The highest BCUT2D eigenvalue weighted by atomic mass is 16.6. The van der Waals surface area contributed by atoms with Gasteiger partial charge in [0.2, 0.25) is 0 Å². The average Bonchev–Trinajstić information content (AvgIpc) is 2.63. The summed E-state index contributed by atoms with van der Waals surface area (Å²) in [6.45, 7) is 11.5. The van der Waals surface area contributed by atoms with Crippen LogP contribution < -0.4 is 5.32 Å². The molecular weight excluding hydrogens is 378 g/mol. The van der Waals surface area contributed by atoms with E-state index in [1.807, 2.05) is 84.0 Å². The first-order valence-electron chi connectivity index (χ1n) is 10.3. The van der Waals surface area contributed by atoms with Crippen molar-refractivity contribution in [3.8, 4) is 0 Å². The minimum Gasteiger partial charge on any atom is -0.459 e. The summed E-state index contributed by atoms with van der Waals surface area (Å²) < 4.78 is 11.0. The Balaban J connectivity index is 2.11. The van der Waals surface area contributed by atoms with E-state index in [0.29, 0.717) is 18.5 Å². The van der Waals surface area contributed by atoms with Crippen LogP contribution in [-0.2, 0) is 27.2 Å². The van der Waals surface area contributed by atoms with Crippen LogP contribution in [0.5, 0.6) is 0 Å². The van der Waals surface area contributed by atoms with Crippen molar-refractivity contribution in [2.24, 2.45) is 0 Å². The van der Waals surface area contributed by atoms with Crippen LogP contribution in [0, 0.1) is 0 Å². The molecule has 30 heavy (non-hydrogen) atoms. The summed E-state index contributed by atoms with van der Waals surface area (Å²) in [4.78, 5) is 25.1. The van der Waals surface area contributed by atoms with Crippen LogP contribution >= 0.6 is 0 Å². The maximum Gasteiger partial charge on any atom is 0.338 e. The van der Waals surface area contributed by atoms with Gasteiger partial charge in [-0.2, -0.15) is 0 Å². The van der Waals surface area contributed by atoms with Crippen molar-refractivity contribution in [2.45, 2.75) is 71.8 Å². The molecule has 0 amide bonds. The van der Waals surface area contributed by atoms with Crippen molar-refractivity contribution < 1.29 is 19.1 Å². The molecule has 2 aromatic rings. The van der Waals surface area contributed by atoms with Crippen LogP contribution in [0.25, 0.3) is 0 Å². The summed E-state index contributed by atoms with van der Waals surface area (Å²) in [5.41, 5.74) is 1.30. The molecule has 0 radical (unpaired) electrons. The van der Waals surface area contributed by atoms with Gasteiger partial charge in [-0.1, -0.05) is 42.5 Å². The monoisotopic (exact) mass is 411 g/mol. The van der Waals surface area contributed by atoms with E-state index in [4.69, 9.17) is 9.47 Å². The fourth-order valence-electron chi connectivity index (χ4n) is 2.85. The zero-order valence-corrected chi connectivity index (χ0v) is 18.8. The Morgan fingerprint density at radius 3 is 2.03 bits per heavy atom. The molecule has 162 valence electrons. The van der Waals surface area contributed by atoms with Gasteiger partial charge in [0.05, 0.1) is 5.56 Å². The lowest BCUT2D eigenvalue weighted by Gasteiger charge is -2.25. The van der Waals surface area contributed by atoms with Crippen LogP contribution in [0.4, 0.5) is 0 Å². The van der Waals surface area contributed by atoms with Gasteiger partial charge in [0, 0.05) is 6.54 Å². The molecule has 0 aliphatic heterocycles. The molecule has 0 aromatic heterocycles. The topological polar surface area (TPSA) is 64.6 Å². The molecule has 0 aliphatic carbocycles. The van der Waals surface area contributed by atoms with Gasteiger partial charge in [-0.3, -0.25) is 4.79 Å². The molecular formula is C25H33NO4. The van der Waals surface area contributed by atoms with E-state index in [1.165, 1.54) is 0 Å². The third kappa shape index (κ3) is 8.37. The molecule has 1 atom stereocenters. The Bertz CT molecular complexity index is 847. The predicted molar refractivity (Wildman–Crippen MR) is 118 cm³/mol. The standard InChI is InChI=1S/C25H33NO4/c1-24(2,3)29-22(27)20-14-10-13-19(15-20)17-26-21(23(28)30-25(4,5)6)16-18-11-8-7-9-12-18/h7-15,21,26H,16-17H2,1-6H3/t21-/m0/s1. The van der Waals surface area contributed by atoms with Crippen molar-refractivity contribution >= 4 is 11.9 Å². The Morgan fingerprint density at radius 1 is 0.833 bits per heavy atom. The second kappa shape index (κ2) is 9.90. The largest absolute Gasteiger partial charge is 0.459 e. The molecule has 2 rings (SSSR count). The van der Waals surface area contributed by atoms with Crippen LogP contribution in [0.2, 0.25) is 0 Å². The number of benzene rings is 2. The Hall–Kier alpha value is -2.66. The molecule has 0 bridgehead atoms. The first-order chi connectivity index (χ1) is 13.9. The normalized spacial score (nSPS) is 12.9. The fourth-order valence-corrected chi connectivity index (χ4v) is 2.85. The molecule has 2 aromatic carbocycles. The Kier molecular flexibility index (Phi) is 7.79. The predicted octanol–water partition coefficient (Wildman–Crippen LogP) is 4.68. The van der Waals surface area contributed by atoms with Crippen molar-refractivity contribution in [1.82, 2.24) is 5.32 Å². The second-order valence-corrected chi connectivity index (χ2v) is 9.36. The van der Waals surface area contributed by atoms with Gasteiger partial charge in [-0.15, -0.1) is 0 Å². The zero-order chi connectivity index (χ0) is 22.4. The highest BCUT2D eigenvalue weighted by molar-refractivity contribution is 5.89. The van der Waals surface area contributed by atoms with Crippen molar-refractivity contribution in [3.05, 3.63) is 71.3 Å². The molecule has 0 heterocycles. The molecule has 0 unspecified atom stereocenters. The van der Waals surface area contributed by atoms with Crippen LogP contribution in [-0.4, -0.2) is 29.2 Å². The first-order valence-corrected chi connectivity index (χ1v) is 10.3. The lowest BCUT2D eigenvalue weighted by Crippen LogP contribution is -2.42. The summed E-state index contributed by atoms with van der Waals surface area (Å²) in [5.74, 6) is -0.660. The number of carbonyl (C=O) groups excluding carboxylic acids is 2. The van der Waals surface area contributed by atoms with E-state index >= 15 is 0 Å². The van der Waals surface area contributed by atoms with Gasteiger partial charge in [0.25, 0.3) is 0 Å². The molecule has 1 N–H and O–H groups in total. The third-order valence-electron chi connectivity index (χ3n) is 4.09. The zero-order valence-electron chi connectivity index (χ0n) is 18.8. The highest BCUT2D eigenvalue weighted by Gasteiger charge is 2.25. The second-order valence-electron chi connectivity index (χ2n) is 9.36. The van der Waals surface area contributed by atoms with Crippen LogP contribution in [0.15, 0.2) is 54.6 Å². The van der Waals surface area contributed by atoms with Crippen molar-refractivity contribution in [2.75, 3.05) is 0 Å². The molecule has 5 nitrogen and oxygen atoms in total. The van der Waals surface area contributed by atoms with Gasteiger partial charge in [0.1, 0.15) is 17.2 Å². The molecule has 5 heteroatoms. The van der Waals surface area contributed by atoms with Gasteiger partial charge in [-0.05, 0) is 71.2 Å². The van der Waals surface area contributed by atoms with Gasteiger partial charge < -0.3 is 14.8 Å². The third-order valence-corrected chi connectivity index (χ3v) is 4.09. The van der Waals surface area contributed by atoms with E-state index < -0.39 is 17.2 Å². The fraction of sp³-hybridized carbons (Fsp3) is 0.440. The maximum absolute atomic E-state index is 12.8. The Labute approximate surface area is 179 Å². The summed E-state index contributed by atoms with van der Waals surface area (Å²) in [7, 11) is 0. The molecule has 0 saturated heterocycles. The molecule has 0 spiro atoms. The van der Waals surface area contributed by atoms with Gasteiger partial charge in [-0.25, -0.2) is 4.79 Å². The van der Waals surface area contributed by atoms with E-state index in [-0.39, 0.29) is 11.9 Å². The molecule has 0 saturated carbocycles. The number of hydrogen-bond donors (Lipinski definition) is 1. The number of nitrogens with one attached hydrogen (secondary N) is 1. The summed E-state index contributed by atoms with van der Waals surface area (Å²) in [6.07, 6.45) is 0.515. The first kappa shape index (κ1) is 23.6. The van der Waals surface area contributed by atoms with Crippen LogP contribution in [0.3, 0.4) is 0 Å². The SMILES string of the molecule is CC(C)(C)OC(=O)c1cccc(CN[C@@H](Cc2ccccc2)C(=O)OC(C)(C)C)c1. The minimum atomic E-state index is -0.565. The van der Waals surface area contributed by atoms with E-state index in [9.17, 15) is 9.59 Å². The number of esters is 2. The van der Waals surface area contributed by atoms with Crippen LogP contribution in [0.1, 0.15) is 63.0 Å². The summed E-state index contributed by atoms with van der Waals surface area (Å²) in [5, 5.41) is 3.29. The lowest BCUT2D eigenvalue weighted by molar-refractivity contribution is -0.157. The smallest absolute Gasteiger partial charge is 0.338 e. The maximum atomic E-state index is 12.8. The minimum absolute atomic E-state index is 0.297. The molecule has 0 fully saturated rings. The van der Waals surface area contributed by atoms with Crippen molar-refractivity contribution in [1.29, 1.82) is 0 Å². The summed E-state index contributed by atoms with van der Waals surface area (Å²) in [6, 6.07) is 16.6. The number of carbonyl (C=O) groups is 2. The highest BCUT2D eigenvalue weighted by Crippen LogP contribution is 2.15. The van der Waals surface area contributed by atoms with E-state index in [1.54, 1.807) is 12.1 Å². The lowest BCUT2D eigenvalue weighted by atomic mass is 10.0. The molecule has 0 aliphatic rings.